The number of aromatic nitrogens is 2. The fourth-order valence-corrected chi connectivity index (χ4v) is 2.76. The third-order valence-corrected chi connectivity index (χ3v) is 4.37. The molecule has 0 spiro atoms. The summed E-state index contributed by atoms with van der Waals surface area (Å²) in [5.41, 5.74) is 3.40. The molecule has 0 amide bonds. The average molecular weight is 374 g/mol. The molecule has 2 N–H and O–H groups in total. The van der Waals surface area contributed by atoms with Crippen molar-refractivity contribution in [2.45, 2.75) is 27.2 Å². The summed E-state index contributed by atoms with van der Waals surface area (Å²) in [5, 5.41) is 6.65. The Labute approximate surface area is 166 Å². The smallest absolute Gasteiger partial charge is 0.229 e. The van der Waals surface area contributed by atoms with Gasteiger partial charge in [-0.1, -0.05) is 44.2 Å². The van der Waals surface area contributed by atoms with Crippen molar-refractivity contribution in [2.75, 3.05) is 17.2 Å². The monoisotopic (exact) mass is 374 g/mol. The summed E-state index contributed by atoms with van der Waals surface area (Å²) < 4.78 is 0. The fraction of sp³-hybridized carbons (Fsp3) is 0.261. The lowest BCUT2D eigenvalue weighted by Gasteiger charge is -2.12. The molecule has 0 saturated carbocycles. The maximum Gasteiger partial charge on any atom is 0.229 e. The first-order valence-electron chi connectivity index (χ1n) is 9.57. The molecule has 0 bridgehead atoms. The summed E-state index contributed by atoms with van der Waals surface area (Å²) in [4.78, 5) is 20.7. The SMILES string of the molecule is CC(=O)c1ccc(Nc2nc(NCCC(C)C)cc(-c3ccccc3)n2)cc1. The van der Waals surface area contributed by atoms with Crippen molar-refractivity contribution in [1.82, 2.24) is 9.97 Å². The van der Waals surface area contributed by atoms with E-state index in [0.717, 1.165) is 35.7 Å². The molecular formula is C23H26N4O. The van der Waals surface area contributed by atoms with Gasteiger partial charge in [-0.25, -0.2) is 4.98 Å². The Balaban J connectivity index is 1.86. The van der Waals surface area contributed by atoms with Gasteiger partial charge in [-0.15, -0.1) is 0 Å². The lowest BCUT2D eigenvalue weighted by Crippen LogP contribution is -2.08. The van der Waals surface area contributed by atoms with Crippen molar-refractivity contribution in [3.63, 3.8) is 0 Å². The molecule has 2 aromatic carbocycles. The van der Waals surface area contributed by atoms with Gasteiger partial charge in [-0.3, -0.25) is 4.79 Å². The predicted molar refractivity (Wildman–Crippen MR) is 115 cm³/mol. The second kappa shape index (κ2) is 9.13. The number of carbonyl (C=O) groups is 1. The number of hydrogen-bond acceptors (Lipinski definition) is 5. The van der Waals surface area contributed by atoms with Crippen LogP contribution in [0.2, 0.25) is 0 Å². The highest BCUT2D eigenvalue weighted by Gasteiger charge is 2.08. The lowest BCUT2D eigenvalue weighted by molar-refractivity contribution is 0.101. The topological polar surface area (TPSA) is 66.9 Å². The molecule has 3 aromatic rings. The standard InChI is InChI=1S/C23H26N4O/c1-16(2)13-14-24-22-15-21(19-7-5-4-6-8-19)26-23(27-22)25-20-11-9-18(10-12-20)17(3)28/h4-12,15-16H,13-14H2,1-3H3,(H2,24,25,26,27). The van der Waals surface area contributed by atoms with Crippen LogP contribution in [0.4, 0.5) is 17.5 Å². The van der Waals surface area contributed by atoms with E-state index in [1.807, 2.05) is 48.5 Å². The van der Waals surface area contributed by atoms with Crippen molar-refractivity contribution >= 4 is 23.2 Å². The number of Topliss-reactive ketones (excluding diaryl/α,β-unsaturated/α-hetero) is 1. The van der Waals surface area contributed by atoms with E-state index in [1.54, 1.807) is 19.1 Å². The first-order valence-corrected chi connectivity index (χ1v) is 9.57. The van der Waals surface area contributed by atoms with Crippen LogP contribution >= 0.6 is 0 Å². The van der Waals surface area contributed by atoms with Gasteiger partial charge in [0.05, 0.1) is 5.69 Å². The van der Waals surface area contributed by atoms with E-state index in [2.05, 4.69) is 34.4 Å². The van der Waals surface area contributed by atoms with E-state index in [9.17, 15) is 4.79 Å². The number of benzene rings is 2. The van der Waals surface area contributed by atoms with Gasteiger partial charge in [-0.05, 0) is 43.5 Å². The maximum atomic E-state index is 11.5. The Morgan fingerprint density at radius 3 is 2.36 bits per heavy atom. The van der Waals surface area contributed by atoms with Crippen LogP contribution in [-0.2, 0) is 0 Å². The quantitative estimate of drug-likeness (QED) is 0.506. The van der Waals surface area contributed by atoms with Crippen LogP contribution in [0.3, 0.4) is 0 Å². The third kappa shape index (κ3) is 5.39. The van der Waals surface area contributed by atoms with Crippen LogP contribution in [0, 0.1) is 5.92 Å². The second-order valence-electron chi connectivity index (χ2n) is 7.20. The molecule has 28 heavy (non-hydrogen) atoms. The minimum Gasteiger partial charge on any atom is -0.370 e. The van der Waals surface area contributed by atoms with E-state index in [4.69, 9.17) is 0 Å². The Bertz CT molecular complexity index is 921. The zero-order valence-corrected chi connectivity index (χ0v) is 16.6. The Morgan fingerprint density at radius 1 is 1.00 bits per heavy atom. The van der Waals surface area contributed by atoms with Gasteiger partial charge < -0.3 is 10.6 Å². The number of ketones is 1. The Hall–Kier alpha value is -3.21. The van der Waals surface area contributed by atoms with Crippen LogP contribution < -0.4 is 10.6 Å². The number of hydrogen-bond donors (Lipinski definition) is 2. The van der Waals surface area contributed by atoms with Gasteiger partial charge in [0, 0.05) is 29.4 Å². The molecule has 0 fully saturated rings. The van der Waals surface area contributed by atoms with E-state index < -0.39 is 0 Å². The summed E-state index contributed by atoms with van der Waals surface area (Å²) in [6.45, 7) is 6.82. The highest BCUT2D eigenvalue weighted by atomic mass is 16.1. The van der Waals surface area contributed by atoms with E-state index in [-0.39, 0.29) is 5.78 Å². The van der Waals surface area contributed by atoms with Crippen molar-refractivity contribution in [3.8, 4) is 11.3 Å². The molecular weight excluding hydrogens is 348 g/mol. The molecule has 0 saturated heterocycles. The zero-order valence-electron chi connectivity index (χ0n) is 16.6. The molecule has 1 heterocycles. The number of carbonyl (C=O) groups excluding carboxylic acids is 1. The highest BCUT2D eigenvalue weighted by Crippen LogP contribution is 2.23. The summed E-state index contributed by atoms with van der Waals surface area (Å²) in [7, 11) is 0. The molecule has 0 aliphatic rings. The third-order valence-electron chi connectivity index (χ3n) is 4.37. The molecule has 144 valence electrons. The molecule has 0 aliphatic heterocycles. The molecule has 0 atom stereocenters. The van der Waals surface area contributed by atoms with Gasteiger partial charge in [0.1, 0.15) is 5.82 Å². The number of anilines is 3. The average Bonchev–Trinajstić information content (AvgIpc) is 2.68. The molecule has 5 nitrogen and oxygen atoms in total. The van der Waals surface area contributed by atoms with Crippen molar-refractivity contribution < 1.29 is 4.79 Å². The molecule has 5 heteroatoms. The Morgan fingerprint density at radius 2 is 1.71 bits per heavy atom. The van der Waals surface area contributed by atoms with Gasteiger partial charge in [0.25, 0.3) is 0 Å². The second-order valence-corrected chi connectivity index (χ2v) is 7.20. The van der Waals surface area contributed by atoms with Gasteiger partial charge >= 0.3 is 0 Å². The van der Waals surface area contributed by atoms with Crippen LogP contribution in [0.15, 0.2) is 60.7 Å². The van der Waals surface area contributed by atoms with Crippen molar-refractivity contribution in [1.29, 1.82) is 0 Å². The van der Waals surface area contributed by atoms with Crippen LogP contribution in [0.5, 0.6) is 0 Å². The normalized spacial score (nSPS) is 10.7. The summed E-state index contributed by atoms with van der Waals surface area (Å²) in [5.74, 6) is 1.98. The number of nitrogens with one attached hydrogen (secondary N) is 2. The maximum absolute atomic E-state index is 11.5. The van der Waals surface area contributed by atoms with Crippen molar-refractivity contribution in [3.05, 3.63) is 66.2 Å². The molecule has 3 rings (SSSR count). The first-order chi connectivity index (χ1) is 13.5. The number of rotatable bonds is 8. The summed E-state index contributed by atoms with van der Waals surface area (Å²) >= 11 is 0. The lowest BCUT2D eigenvalue weighted by atomic mass is 10.1. The van der Waals surface area contributed by atoms with E-state index >= 15 is 0 Å². The number of nitrogens with zero attached hydrogens (tertiary/aromatic N) is 2. The molecule has 0 aliphatic carbocycles. The van der Waals surface area contributed by atoms with E-state index in [1.165, 1.54) is 0 Å². The predicted octanol–water partition coefficient (Wildman–Crippen LogP) is 5.55. The first kappa shape index (κ1) is 19.5. The van der Waals surface area contributed by atoms with Gasteiger partial charge in [0.15, 0.2) is 5.78 Å². The van der Waals surface area contributed by atoms with Gasteiger partial charge in [-0.2, -0.15) is 4.98 Å². The summed E-state index contributed by atoms with van der Waals surface area (Å²) in [6.07, 6.45) is 1.07. The van der Waals surface area contributed by atoms with Crippen molar-refractivity contribution in [2.24, 2.45) is 5.92 Å². The van der Waals surface area contributed by atoms with Crippen LogP contribution in [0.25, 0.3) is 11.3 Å². The van der Waals surface area contributed by atoms with E-state index in [0.29, 0.717) is 17.4 Å². The zero-order chi connectivity index (χ0) is 19.9. The van der Waals surface area contributed by atoms with Gasteiger partial charge in [0.2, 0.25) is 5.95 Å². The highest BCUT2D eigenvalue weighted by molar-refractivity contribution is 5.94. The minimum absolute atomic E-state index is 0.0468. The van der Waals surface area contributed by atoms with Crippen LogP contribution in [0.1, 0.15) is 37.6 Å². The molecule has 0 radical (unpaired) electrons. The van der Waals surface area contributed by atoms with Crippen LogP contribution in [-0.4, -0.2) is 22.3 Å². The molecule has 0 unspecified atom stereocenters. The Kier molecular flexibility index (Phi) is 6.37. The largest absolute Gasteiger partial charge is 0.370 e. The molecule has 1 aromatic heterocycles. The fourth-order valence-electron chi connectivity index (χ4n) is 2.76. The summed E-state index contributed by atoms with van der Waals surface area (Å²) in [6, 6.07) is 19.3. The minimum atomic E-state index is 0.0468.